The van der Waals surface area contributed by atoms with Crippen molar-refractivity contribution in [1.29, 1.82) is 0 Å². The van der Waals surface area contributed by atoms with Crippen LogP contribution in [0, 0.1) is 12.3 Å². The van der Waals surface area contributed by atoms with Gasteiger partial charge >= 0.3 is 19.5 Å². The van der Waals surface area contributed by atoms with E-state index in [1.807, 2.05) is 5.92 Å². The zero-order valence-electron chi connectivity index (χ0n) is 20.2. The highest BCUT2D eigenvalue weighted by Crippen LogP contribution is 2.51. The van der Waals surface area contributed by atoms with Crippen molar-refractivity contribution in [3.8, 4) is 18.1 Å². The van der Waals surface area contributed by atoms with E-state index in [9.17, 15) is 24.4 Å². The number of aromatic nitrogens is 3. The Morgan fingerprint density at radius 1 is 1.35 bits per heavy atom. The highest BCUT2D eigenvalue weighted by atomic mass is 31.2. The number of hydrogen-bond donors (Lipinski definition) is 3. The Kier molecular flexibility index (Phi) is 8.70. The van der Waals surface area contributed by atoms with Gasteiger partial charge in [-0.2, -0.15) is 4.98 Å². The molecule has 0 spiro atoms. The van der Waals surface area contributed by atoms with Crippen LogP contribution in [0.1, 0.15) is 27.0 Å². The smallest absolute Gasteiger partial charge is 0.461 e. The Morgan fingerprint density at radius 2 is 2.03 bits per heavy atom. The third-order valence-corrected chi connectivity index (χ3v) is 6.52. The number of nitrogens with zero attached hydrogens (tertiary/aromatic N) is 3. The predicted octanol–water partition coefficient (Wildman–Crippen LogP) is 0.404. The lowest BCUT2D eigenvalue weighted by Crippen LogP contribution is -2.47. The maximum absolute atomic E-state index is 13.5. The number of nitrogen functional groups attached to an aromatic ring is 1. The van der Waals surface area contributed by atoms with Gasteiger partial charge < -0.3 is 29.9 Å². The summed E-state index contributed by atoms with van der Waals surface area (Å²) in [6.07, 6.45) is -0.386. The van der Waals surface area contributed by atoms with Crippen molar-refractivity contribution in [1.82, 2.24) is 14.5 Å². The molecule has 15 heteroatoms. The van der Waals surface area contributed by atoms with Gasteiger partial charge in [0.25, 0.3) is 0 Å². The average Bonchev–Trinajstić information content (AvgIpc) is 3.08. The van der Waals surface area contributed by atoms with Gasteiger partial charge in [-0.1, -0.05) is 24.1 Å². The van der Waals surface area contributed by atoms with Gasteiger partial charge in [-0.3, -0.25) is 13.6 Å². The van der Waals surface area contributed by atoms with Crippen molar-refractivity contribution in [3.63, 3.8) is 0 Å². The van der Waals surface area contributed by atoms with E-state index in [0.29, 0.717) is 0 Å². The van der Waals surface area contributed by atoms with Crippen LogP contribution in [0.2, 0.25) is 0 Å². The van der Waals surface area contributed by atoms with Crippen LogP contribution in [0.25, 0.3) is 0 Å². The molecule has 2 heterocycles. The molecular formula is C22H27N4O10P. The third-order valence-electron chi connectivity index (χ3n) is 5.04. The Hall–Kier alpha value is -3.31. The largest absolute Gasteiger partial charge is 0.530 e. The number of aliphatic hydroxyl groups is 2. The zero-order valence-corrected chi connectivity index (χ0v) is 21.1. The number of hydrogen-bond acceptors (Lipinski definition) is 13. The van der Waals surface area contributed by atoms with Crippen molar-refractivity contribution in [2.24, 2.45) is 0 Å². The molecule has 1 aliphatic rings. The van der Waals surface area contributed by atoms with E-state index < -0.39 is 62.3 Å². The summed E-state index contributed by atoms with van der Waals surface area (Å²) in [5.41, 5.74) is 1.99. The first-order chi connectivity index (χ1) is 17.4. The second kappa shape index (κ2) is 11.4. The summed E-state index contributed by atoms with van der Waals surface area (Å²) in [6, 6.07) is 7.83. The molecule has 200 valence electrons. The number of rotatable bonds is 10. The Labute approximate surface area is 211 Å². The number of benzene rings is 1. The van der Waals surface area contributed by atoms with Crippen molar-refractivity contribution in [2.45, 2.75) is 57.0 Å². The third kappa shape index (κ3) is 6.53. The van der Waals surface area contributed by atoms with Crippen LogP contribution in [0.3, 0.4) is 0 Å². The molecule has 4 N–H and O–H groups in total. The van der Waals surface area contributed by atoms with Crippen molar-refractivity contribution in [3.05, 3.63) is 47.1 Å². The summed E-state index contributed by atoms with van der Waals surface area (Å²) in [7, 11) is -4.57. The van der Waals surface area contributed by atoms with Gasteiger partial charge in [-0.15, -0.1) is 6.42 Å². The fourth-order valence-electron chi connectivity index (χ4n) is 3.27. The summed E-state index contributed by atoms with van der Waals surface area (Å²) in [5, 5.41) is 21.6. The van der Waals surface area contributed by atoms with Gasteiger partial charge in [-0.05, 0) is 32.9 Å². The minimum atomic E-state index is -4.57. The molecule has 0 aliphatic carbocycles. The minimum Gasteiger partial charge on any atom is -0.461 e. The van der Waals surface area contributed by atoms with Gasteiger partial charge in [0, 0.05) is 0 Å². The molecule has 3 rings (SSSR count). The SMILES string of the molecule is C#CC1(O)[C@@H](O)[C@@H](CO[P@](=O)(Oc2ccccc2)O[C@@H](C)C(=O)OC(C)C)O[C@H]1n1cnc(N)nc1=O. The van der Waals surface area contributed by atoms with Crippen LogP contribution in [-0.2, 0) is 27.9 Å². The normalized spacial score (nSPS) is 25.7. The molecule has 0 saturated carbocycles. The Morgan fingerprint density at radius 3 is 2.62 bits per heavy atom. The number of esters is 1. The molecule has 1 saturated heterocycles. The minimum absolute atomic E-state index is 0.0896. The molecule has 6 atom stereocenters. The highest BCUT2D eigenvalue weighted by Gasteiger charge is 2.56. The summed E-state index contributed by atoms with van der Waals surface area (Å²) in [6.45, 7) is 3.83. The maximum Gasteiger partial charge on any atom is 0.530 e. The maximum atomic E-state index is 13.5. The van der Waals surface area contributed by atoms with E-state index in [0.717, 1.165) is 10.9 Å². The van der Waals surface area contributed by atoms with Crippen LogP contribution in [0.4, 0.5) is 5.95 Å². The molecule has 1 aromatic heterocycles. The van der Waals surface area contributed by atoms with E-state index in [1.165, 1.54) is 19.1 Å². The summed E-state index contributed by atoms with van der Waals surface area (Å²) >= 11 is 0. The lowest BCUT2D eigenvalue weighted by Gasteiger charge is -2.26. The number of phosphoric acid groups is 1. The van der Waals surface area contributed by atoms with Crippen LogP contribution < -0.4 is 15.9 Å². The van der Waals surface area contributed by atoms with Crippen LogP contribution in [0.15, 0.2) is 41.5 Å². The number of phosphoric ester groups is 1. The molecule has 1 unspecified atom stereocenters. The van der Waals surface area contributed by atoms with Gasteiger partial charge in [0.15, 0.2) is 17.9 Å². The summed E-state index contributed by atoms with van der Waals surface area (Å²) < 4.78 is 41.0. The summed E-state index contributed by atoms with van der Waals surface area (Å²) in [4.78, 5) is 31.6. The number of ether oxygens (including phenoxy) is 2. The molecule has 1 fully saturated rings. The molecule has 37 heavy (non-hydrogen) atoms. The second-order valence-corrected chi connectivity index (χ2v) is 9.77. The Bertz CT molecular complexity index is 1250. The lowest BCUT2D eigenvalue weighted by atomic mass is 9.95. The van der Waals surface area contributed by atoms with Crippen LogP contribution in [0.5, 0.6) is 5.75 Å². The number of carbonyl (C=O) groups excluding carboxylic acids is 1. The standard InChI is InChI=1S/C22H27N4O10P/c1-5-22(30)17(27)16(34-19(22)26-12-24-20(23)25-21(26)29)11-32-37(31,36-15-9-7-6-8-10-15)35-14(4)18(28)33-13(2)3/h1,6-10,12-14,16-17,19,27,30H,11H2,2-4H3,(H2,23,25,29)/t14-,16+,17-,19+,22?,37-/m0/s1. The number of aliphatic hydroxyl groups excluding tert-OH is 1. The quantitative estimate of drug-likeness (QED) is 0.214. The van der Waals surface area contributed by atoms with Crippen LogP contribution >= 0.6 is 7.82 Å². The number of terminal acetylenes is 1. The molecule has 1 aromatic carbocycles. The summed E-state index contributed by atoms with van der Waals surface area (Å²) in [5.74, 6) is 0.937. The van der Waals surface area contributed by atoms with E-state index >= 15 is 0 Å². The second-order valence-electron chi connectivity index (χ2n) is 8.23. The van der Waals surface area contributed by atoms with E-state index in [1.54, 1.807) is 32.0 Å². The van der Waals surface area contributed by atoms with Crippen LogP contribution in [-0.4, -0.2) is 67.3 Å². The first-order valence-corrected chi connectivity index (χ1v) is 12.5. The number of para-hydroxylation sites is 1. The van der Waals surface area contributed by atoms with Gasteiger partial charge in [0.05, 0.1) is 12.7 Å². The van der Waals surface area contributed by atoms with Crippen molar-refractivity contribution >= 4 is 19.7 Å². The molecule has 14 nitrogen and oxygen atoms in total. The lowest BCUT2D eigenvalue weighted by molar-refractivity contribution is -0.156. The first kappa shape index (κ1) is 28.3. The fourth-order valence-corrected chi connectivity index (χ4v) is 4.61. The number of nitrogens with two attached hydrogens (primary N) is 1. The van der Waals surface area contributed by atoms with E-state index in [-0.39, 0.29) is 11.7 Å². The van der Waals surface area contributed by atoms with Crippen molar-refractivity contribution < 1.29 is 42.6 Å². The monoisotopic (exact) mass is 538 g/mol. The Balaban J connectivity index is 1.83. The zero-order chi connectivity index (χ0) is 27.4. The van der Waals surface area contributed by atoms with Gasteiger partial charge in [-0.25, -0.2) is 19.1 Å². The van der Waals surface area contributed by atoms with Gasteiger partial charge in [0.1, 0.15) is 24.3 Å². The molecular weight excluding hydrogens is 511 g/mol. The van der Waals surface area contributed by atoms with Crippen molar-refractivity contribution in [2.75, 3.05) is 12.3 Å². The molecule has 0 amide bonds. The predicted molar refractivity (Wildman–Crippen MR) is 127 cm³/mol. The topological polar surface area (TPSA) is 195 Å². The number of anilines is 1. The molecule has 0 bridgehead atoms. The molecule has 2 aromatic rings. The average molecular weight is 538 g/mol. The molecule has 1 aliphatic heterocycles. The fraction of sp³-hybridized carbons (Fsp3) is 0.455. The van der Waals surface area contributed by atoms with E-state index in [2.05, 4.69) is 9.97 Å². The van der Waals surface area contributed by atoms with Gasteiger partial charge in [0.2, 0.25) is 5.95 Å². The first-order valence-electron chi connectivity index (χ1n) is 11.0. The highest BCUT2D eigenvalue weighted by molar-refractivity contribution is 7.49. The molecule has 0 radical (unpaired) electrons. The number of carbonyl (C=O) groups is 1. The van der Waals surface area contributed by atoms with E-state index in [4.69, 9.17) is 35.2 Å².